The predicted octanol–water partition coefficient (Wildman–Crippen LogP) is 5.79. The second-order valence-corrected chi connectivity index (χ2v) is 10.0. The molecule has 2 amide bonds. The van der Waals surface area contributed by atoms with E-state index in [0.717, 1.165) is 16.7 Å². The van der Waals surface area contributed by atoms with Gasteiger partial charge >= 0.3 is 12.5 Å². The first-order valence-electron chi connectivity index (χ1n) is 12.9. The van der Waals surface area contributed by atoms with Crippen LogP contribution >= 0.6 is 11.8 Å². The van der Waals surface area contributed by atoms with Crippen molar-refractivity contribution in [2.75, 3.05) is 24.4 Å². The maximum Gasteiger partial charge on any atom is 0.573 e. The smallest absolute Gasteiger partial charge is 0.448 e. The van der Waals surface area contributed by atoms with E-state index in [1.807, 2.05) is 36.4 Å². The summed E-state index contributed by atoms with van der Waals surface area (Å²) in [6, 6.07) is 19.9. The van der Waals surface area contributed by atoms with Crippen molar-refractivity contribution in [3.63, 3.8) is 0 Å². The molecular weight excluding hydrogens is 587 g/mol. The van der Waals surface area contributed by atoms with E-state index >= 15 is 0 Å². The Kier molecular flexibility index (Phi) is 9.07. The third-order valence-corrected chi connectivity index (χ3v) is 7.06. The van der Waals surface area contributed by atoms with Gasteiger partial charge < -0.3 is 14.2 Å². The van der Waals surface area contributed by atoms with E-state index in [-0.39, 0.29) is 29.2 Å². The Morgan fingerprint density at radius 1 is 1.05 bits per heavy atom. The Bertz CT molecular complexity index is 1620. The minimum atomic E-state index is -4.76. The highest BCUT2D eigenvalue weighted by molar-refractivity contribution is 8.15. The van der Waals surface area contributed by atoms with Crippen molar-refractivity contribution in [2.24, 2.45) is 4.99 Å². The number of rotatable bonds is 9. The number of carbonyl (C=O) groups excluding carboxylic acids is 2. The molecule has 0 unspecified atom stereocenters. The molecule has 1 aromatic heterocycles. The van der Waals surface area contributed by atoms with Crippen molar-refractivity contribution in [1.29, 1.82) is 0 Å². The number of nitrogens with zero attached hydrogens (tertiary/aromatic N) is 5. The van der Waals surface area contributed by atoms with Gasteiger partial charge in [0.15, 0.2) is 11.0 Å². The first kappa shape index (κ1) is 29.8. The van der Waals surface area contributed by atoms with Gasteiger partial charge in [0.25, 0.3) is 0 Å². The summed E-state index contributed by atoms with van der Waals surface area (Å²) in [5, 5.41) is 4.64. The number of thioether (sulfide) groups is 1. The van der Waals surface area contributed by atoms with Crippen LogP contribution in [0.5, 0.6) is 5.75 Å². The first-order valence-corrected chi connectivity index (χ1v) is 13.8. The zero-order valence-electron chi connectivity index (χ0n) is 22.7. The van der Waals surface area contributed by atoms with Crippen LogP contribution in [0.2, 0.25) is 0 Å². The molecule has 1 aliphatic rings. The number of para-hydroxylation sites is 1. The molecule has 0 saturated carbocycles. The third kappa shape index (κ3) is 7.59. The largest absolute Gasteiger partial charge is 0.573 e. The molecule has 10 nitrogen and oxygen atoms in total. The molecule has 4 aromatic rings. The van der Waals surface area contributed by atoms with E-state index in [2.05, 4.69) is 19.8 Å². The van der Waals surface area contributed by atoms with Crippen LogP contribution in [0.25, 0.3) is 17.1 Å². The maximum absolute atomic E-state index is 12.6. The summed E-state index contributed by atoms with van der Waals surface area (Å²) in [5.41, 5.74) is 3.53. The van der Waals surface area contributed by atoms with Gasteiger partial charge in [0.2, 0.25) is 5.91 Å². The topological polar surface area (TPSA) is 108 Å². The number of hydrogen-bond acceptors (Lipinski definition) is 8. The molecule has 0 radical (unpaired) electrons. The highest BCUT2D eigenvalue weighted by Gasteiger charge is 2.32. The predicted molar refractivity (Wildman–Crippen MR) is 153 cm³/mol. The van der Waals surface area contributed by atoms with Crippen LogP contribution in [-0.4, -0.2) is 57.8 Å². The normalized spacial score (nSPS) is 14.4. The van der Waals surface area contributed by atoms with Gasteiger partial charge in [0, 0.05) is 24.7 Å². The van der Waals surface area contributed by atoms with Crippen LogP contribution in [0.1, 0.15) is 11.1 Å². The molecule has 222 valence electrons. The lowest BCUT2D eigenvalue weighted by atomic mass is 10.1. The van der Waals surface area contributed by atoms with Crippen LogP contribution in [-0.2, 0) is 27.3 Å². The lowest BCUT2D eigenvalue weighted by Crippen LogP contribution is -2.31. The summed E-state index contributed by atoms with van der Waals surface area (Å²) >= 11 is 1.17. The number of benzene rings is 3. The second kappa shape index (κ2) is 13.1. The average Bonchev–Trinajstić information content (AvgIpc) is 3.61. The van der Waals surface area contributed by atoms with E-state index in [4.69, 9.17) is 9.47 Å². The number of hydrogen-bond donors (Lipinski definition) is 0. The van der Waals surface area contributed by atoms with Crippen LogP contribution < -0.4 is 9.64 Å². The summed E-state index contributed by atoms with van der Waals surface area (Å²) in [6.07, 6.45) is -3.68. The number of carbonyl (C=O) groups is 2. The number of alkyl halides is 3. The molecule has 1 fully saturated rings. The van der Waals surface area contributed by atoms with Gasteiger partial charge in [-0.25, -0.2) is 14.5 Å². The van der Waals surface area contributed by atoms with Crippen molar-refractivity contribution in [3.8, 4) is 22.8 Å². The number of amides is 2. The fourth-order valence-electron chi connectivity index (χ4n) is 4.20. The number of aliphatic imine (C=N–C) groups is 1. The molecule has 5 rings (SSSR count). The zero-order valence-corrected chi connectivity index (χ0v) is 23.5. The Labute approximate surface area is 248 Å². The van der Waals surface area contributed by atoms with Crippen LogP contribution in [0.3, 0.4) is 0 Å². The van der Waals surface area contributed by atoms with Crippen molar-refractivity contribution < 1.29 is 37.0 Å². The second-order valence-electron chi connectivity index (χ2n) is 9.09. The molecule has 3 aromatic carbocycles. The minimum Gasteiger partial charge on any atom is -0.448 e. The van der Waals surface area contributed by atoms with E-state index < -0.39 is 12.5 Å². The van der Waals surface area contributed by atoms with Gasteiger partial charge in [-0.1, -0.05) is 54.2 Å². The Hall–Kier alpha value is -4.69. The zero-order chi connectivity index (χ0) is 30.4. The van der Waals surface area contributed by atoms with Crippen molar-refractivity contribution in [3.05, 3.63) is 90.3 Å². The van der Waals surface area contributed by atoms with Gasteiger partial charge in [-0.05, 0) is 35.9 Å². The highest BCUT2D eigenvalue weighted by atomic mass is 32.2. The van der Waals surface area contributed by atoms with Crippen LogP contribution in [0.4, 0.5) is 23.7 Å². The molecule has 0 spiro atoms. The number of aromatic nitrogens is 3. The van der Waals surface area contributed by atoms with Crippen molar-refractivity contribution >= 4 is 34.6 Å². The van der Waals surface area contributed by atoms with Crippen LogP contribution in [0, 0.1) is 0 Å². The third-order valence-electron chi connectivity index (χ3n) is 6.14. The van der Waals surface area contributed by atoms with Gasteiger partial charge in [0.1, 0.15) is 12.1 Å². The van der Waals surface area contributed by atoms with Crippen molar-refractivity contribution in [1.82, 2.24) is 14.8 Å². The SMILES string of the molecule is COCc1ccccc1N1C(=O)CSC1=NC(=O)OCCc1ccc(-c2ncn(-c3ccc(OC(F)(F)F)cc3)n2)cc1. The van der Waals surface area contributed by atoms with Gasteiger partial charge in [-0.15, -0.1) is 18.3 Å². The lowest BCUT2D eigenvalue weighted by molar-refractivity contribution is -0.274. The molecule has 0 aliphatic carbocycles. The fraction of sp³-hybridized carbons (Fsp3) is 0.207. The minimum absolute atomic E-state index is 0.0781. The first-order chi connectivity index (χ1) is 20.7. The summed E-state index contributed by atoms with van der Waals surface area (Å²) in [7, 11) is 1.56. The number of amidine groups is 1. The summed E-state index contributed by atoms with van der Waals surface area (Å²) < 4.78 is 53.0. The van der Waals surface area contributed by atoms with E-state index in [0.29, 0.717) is 30.2 Å². The van der Waals surface area contributed by atoms with E-state index in [9.17, 15) is 22.8 Å². The Morgan fingerprint density at radius 2 is 1.79 bits per heavy atom. The molecule has 14 heteroatoms. The fourth-order valence-corrected chi connectivity index (χ4v) is 5.05. The number of anilines is 1. The number of methoxy groups -OCH3 is 1. The summed E-state index contributed by atoms with van der Waals surface area (Å²) in [6.45, 7) is 0.381. The average molecular weight is 612 g/mol. The van der Waals surface area contributed by atoms with Gasteiger partial charge in [-0.3, -0.25) is 9.69 Å². The molecule has 2 heterocycles. The highest BCUT2D eigenvalue weighted by Crippen LogP contribution is 2.30. The molecule has 1 aliphatic heterocycles. The van der Waals surface area contributed by atoms with Gasteiger partial charge in [0.05, 0.1) is 30.3 Å². The van der Waals surface area contributed by atoms with E-state index in [1.165, 1.54) is 51.9 Å². The Balaban J connectivity index is 1.16. The summed E-state index contributed by atoms with van der Waals surface area (Å²) in [4.78, 5) is 34.7. The quantitative estimate of drug-likeness (QED) is 0.234. The monoisotopic (exact) mass is 611 g/mol. The van der Waals surface area contributed by atoms with Gasteiger partial charge in [-0.2, -0.15) is 4.99 Å². The molecule has 0 bridgehead atoms. The molecular formula is C29H24F3N5O5S. The Morgan fingerprint density at radius 3 is 2.51 bits per heavy atom. The maximum atomic E-state index is 12.6. The van der Waals surface area contributed by atoms with E-state index in [1.54, 1.807) is 19.2 Å². The standard InChI is InChI=1S/C29H24F3N5O5S/c1-40-16-21-4-2-3-5-24(21)37-25(38)17-43-27(37)34-28(39)41-15-14-19-6-8-20(9-7-19)26-33-18-36(35-26)22-10-12-23(13-11-22)42-29(30,31)32/h2-13,18H,14-17H2,1H3. The number of ether oxygens (including phenoxy) is 3. The molecule has 1 saturated heterocycles. The lowest BCUT2D eigenvalue weighted by Gasteiger charge is -2.19. The molecule has 43 heavy (non-hydrogen) atoms. The molecule has 0 N–H and O–H groups in total. The van der Waals surface area contributed by atoms with Crippen molar-refractivity contribution in [2.45, 2.75) is 19.4 Å². The summed E-state index contributed by atoms with van der Waals surface area (Å²) in [5.74, 6) is 0.0666. The number of halogens is 3. The van der Waals surface area contributed by atoms with Crippen LogP contribution in [0.15, 0.2) is 84.1 Å². The molecule has 0 atom stereocenters.